The van der Waals surface area contributed by atoms with Crippen molar-refractivity contribution < 1.29 is 4.92 Å². The largest absolute Gasteiger partial charge is 0.327 e. The van der Waals surface area contributed by atoms with Crippen molar-refractivity contribution in [1.29, 1.82) is 0 Å². The SMILES string of the molecule is NC1CC1c1cccc([N+](=O)[O-])c1. The summed E-state index contributed by atoms with van der Waals surface area (Å²) in [5, 5.41) is 10.5. The van der Waals surface area contributed by atoms with Crippen LogP contribution in [0.3, 0.4) is 0 Å². The van der Waals surface area contributed by atoms with Crippen molar-refractivity contribution in [2.75, 3.05) is 0 Å². The summed E-state index contributed by atoms with van der Waals surface area (Å²) in [5.74, 6) is 0.333. The van der Waals surface area contributed by atoms with Crippen LogP contribution < -0.4 is 5.73 Å². The second kappa shape index (κ2) is 2.81. The Kier molecular flexibility index (Phi) is 1.77. The molecule has 2 N–H and O–H groups in total. The third-order valence-electron chi connectivity index (χ3n) is 2.35. The monoisotopic (exact) mass is 178 g/mol. The van der Waals surface area contributed by atoms with Crippen LogP contribution in [0.1, 0.15) is 17.9 Å². The van der Waals surface area contributed by atoms with Crippen LogP contribution in [0.25, 0.3) is 0 Å². The van der Waals surface area contributed by atoms with Gasteiger partial charge in [-0.1, -0.05) is 12.1 Å². The Labute approximate surface area is 75.5 Å². The lowest BCUT2D eigenvalue weighted by atomic mass is 10.1. The van der Waals surface area contributed by atoms with Gasteiger partial charge in [0.2, 0.25) is 0 Å². The number of nitro benzene ring substituents is 1. The van der Waals surface area contributed by atoms with Crippen LogP contribution in [0.2, 0.25) is 0 Å². The third kappa shape index (κ3) is 1.53. The highest BCUT2D eigenvalue weighted by Gasteiger charge is 2.35. The molecule has 0 aliphatic heterocycles. The lowest BCUT2D eigenvalue weighted by Gasteiger charge is -1.97. The number of nitro groups is 1. The van der Waals surface area contributed by atoms with Crippen LogP contribution in [0, 0.1) is 10.1 Å². The van der Waals surface area contributed by atoms with E-state index in [0.29, 0.717) is 5.92 Å². The first kappa shape index (κ1) is 8.19. The first-order chi connectivity index (χ1) is 6.18. The molecule has 1 aromatic carbocycles. The molecule has 1 aliphatic rings. The molecule has 0 aromatic heterocycles. The Morgan fingerprint density at radius 2 is 2.23 bits per heavy atom. The van der Waals surface area contributed by atoms with Gasteiger partial charge in [-0.2, -0.15) is 0 Å². The molecule has 1 aliphatic carbocycles. The molecule has 0 amide bonds. The van der Waals surface area contributed by atoms with Gasteiger partial charge in [0.05, 0.1) is 4.92 Å². The van der Waals surface area contributed by atoms with Crippen molar-refractivity contribution in [3.05, 3.63) is 39.9 Å². The minimum Gasteiger partial charge on any atom is -0.327 e. The van der Waals surface area contributed by atoms with Crippen LogP contribution in [0.5, 0.6) is 0 Å². The summed E-state index contributed by atoms with van der Waals surface area (Å²) in [6.45, 7) is 0. The molecule has 4 nitrogen and oxygen atoms in total. The van der Waals surface area contributed by atoms with Gasteiger partial charge in [-0.15, -0.1) is 0 Å². The smallest absolute Gasteiger partial charge is 0.269 e. The maximum Gasteiger partial charge on any atom is 0.269 e. The third-order valence-corrected chi connectivity index (χ3v) is 2.35. The number of benzene rings is 1. The van der Waals surface area contributed by atoms with E-state index in [0.717, 1.165) is 12.0 Å². The predicted octanol–water partition coefficient (Wildman–Crippen LogP) is 1.41. The fourth-order valence-corrected chi connectivity index (χ4v) is 1.47. The quantitative estimate of drug-likeness (QED) is 0.549. The zero-order chi connectivity index (χ0) is 9.42. The van der Waals surface area contributed by atoms with E-state index in [4.69, 9.17) is 5.73 Å². The summed E-state index contributed by atoms with van der Waals surface area (Å²) >= 11 is 0. The number of nitrogens with two attached hydrogens (primary N) is 1. The minimum atomic E-state index is -0.378. The maximum atomic E-state index is 10.5. The van der Waals surface area contributed by atoms with Crippen molar-refractivity contribution in [3.8, 4) is 0 Å². The van der Waals surface area contributed by atoms with E-state index in [1.165, 1.54) is 6.07 Å². The van der Waals surface area contributed by atoms with Gasteiger partial charge < -0.3 is 5.73 Å². The van der Waals surface area contributed by atoms with Gasteiger partial charge in [-0.3, -0.25) is 10.1 Å². The van der Waals surface area contributed by atoms with Crippen LogP contribution in [0.15, 0.2) is 24.3 Å². The average molecular weight is 178 g/mol. The van der Waals surface area contributed by atoms with E-state index < -0.39 is 0 Å². The Hall–Kier alpha value is -1.42. The molecule has 0 heterocycles. The van der Waals surface area contributed by atoms with Gasteiger partial charge in [0, 0.05) is 24.1 Å². The summed E-state index contributed by atoms with van der Waals surface area (Å²) in [4.78, 5) is 10.1. The van der Waals surface area contributed by atoms with Gasteiger partial charge in [0.25, 0.3) is 5.69 Å². The van der Waals surface area contributed by atoms with Gasteiger partial charge >= 0.3 is 0 Å². The molecule has 2 rings (SSSR count). The molecule has 0 radical (unpaired) electrons. The maximum absolute atomic E-state index is 10.5. The summed E-state index contributed by atoms with van der Waals surface area (Å²) in [5.41, 5.74) is 6.79. The highest BCUT2D eigenvalue weighted by atomic mass is 16.6. The lowest BCUT2D eigenvalue weighted by molar-refractivity contribution is -0.384. The van der Waals surface area contributed by atoms with Gasteiger partial charge in [0.1, 0.15) is 0 Å². The Balaban J connectivity index is 2.28. The molecule has 1 aromatic rings. The number of rotatable bonds is 2. The first-order valence-electron chi connectivity index (χ1n) is 4.18. The second-order valence-electron chi connectivity index (χ2n) is 3.36. The Morgan fingerprint density at radius 3 is 2.77 bits per heavy atom. The number of hydrogen-bond donors (Lipinski definition) is 1. The molecule has 68 valence electrons. The molecule has 4 heteroatoms. The van der Waals surface area contributed by atoms with E-state index in [-0.39, 0.29) is 16.7 Å². The standard InChI is InChI=1S/C9H10N2O2/c10-9-5-8(9)6-2-1-3-7(4-6)11(12)13/h1-4,8-9H,5,10H2. The zero-order valence-corrected chi connectivity index (χ0v) is 7.01. The van der Waals surface area contributed by atoms with Crippen molar-refractivity contribution in [1.82, 2.24) is 0 Å². The zero-order valence-electron chi connectivity index (χ0n) is 7.01. The van der Waals surface area contributed by atoms with Gasteiger partial charge in [-0.05, 0) is 12.0 Å². The van der Waals surface area contributed by atoms with Crippen molar-refractivity contribution in [2.24, 2.45) is 5.73 Å². The van der Waals surface area contributed by atoms with Crippen LogP contribution in [-0.2, 0) is 0 Å². The molecule has 0 saturated heterocycles. The molecule has 2 unspecified atom stereocenters. The Morgan fingerprint density at radius 1 is 1.54 bits per heavy atom. The van der Waals surface area contributed by atoms with Gasteiger partial charge in [-0.25, -0.2) is 0 Å². The highest BCUT2D eigenvalue weighted by Crippen LogP contribution is 2.39. The lowest BCUT2D eigenvalue weighted by Crippen LogP contribution is -2.01. The van der Waals surface area contributed by atoms with Crippen molar-refractivity contribution in [2.45, 2.75) is 18.4 Å². The van der Waals surface area contributed by atoms with Crippen LogP contribution in [0.4, 0.5) is 5.69 Å². The molecular weight excluding hydrogens is 168 g/mol. The molecule has 1 fully saturated rings. The van der Waals surface area contributed by atoms with E-state index in [1.54, 1.807) is 12.1 Å². The number of non-ortho nitro benzene ring substituents is 1. The number of hydrogen-bond acceptors (Lipinski definition) is 3. The van der Waals surface area contributed by atoms with Gasteiger partial charge in [0.15, 0.2) is 0 Å². The summed E-state index contributed by atoms with van der Waals surface area (Å²) in [6.07, 6.45) is 0.946. The fourth-order valence-electron chi connectivity index (χ4n) is 1.47. The van der Waals surface area contributed by atoms with E-state index in [2.05, 4.69) is 0 Å². The van der Waals surface area contributed by atoms with Crippen molar-refractivity contribution >= 4 is 5.69 Å². The molecule has 1 saturated carbocycles. The molecular formula is C9H10N2O2. The number of nitrogens with zero attached hydrogens (tertiary/aromatic N) is 1. The first-order valence-corrected chi connectivity index (χ1v) is 4.18. The van der Waals surface area contributed by atoms with Crippen LogP contribution >= 0.6 is 0 Å². The van der Waals surface area contributed by atoms with E-state index in [1.807, 2.05) is 6.07 Å². The highest BCUT2D eigenvalue weighted by molar-refractivity contribution is 5.38. The second-order valence-corrected chi connectivity index (χ2v) is 3.36. The Bertz CT molecular complexity index is 351. The molecule has 13 heavy (non-hydrogen) atoms. The topological polar surface area (TPSA) is 69.2 Å². The summed E-state index contributed by atoms with van der Waals surface area (Å²) in [7, 11) is 0. The minimum absolute atomic E-state index is 0.150. The molecule has 2 atom stereocenters. The molecule has 0 spiro atoms. The summed E-state index contributed by atoms with van der Waals surface area (Å²) < 4.78 is 0. The molecule has 0 bridgehead atoms. The average Bonchev–Trinajstić information content (AvgIpc) is 2.83. The van der Waals surface area contributed by atoms with Crippen molar-refractivity contribution in [3.63, 3.8) is 0 Å². The normalized spacial score (nSPS) is 25.6. The van der Waals surface area contributed by atoms with Crippen LogP contribution in [-0.4, -0.2) is 11.0 Å². The van der Waals surface area contributed by atoms with E-state index in [9.17, 15) is 10.1 Å². The fraction of sp³-hybridized carbons (Fsp3) is 0.333. The summed E-state index contributed by atoms with van der Waals surface area (Å²) in [6, 6.07) is 6.90. The predicted molar refractivity (Wildman–Crippen MR) is 48.4 cm³/mol. The van der Waals surface area contributed by atoms with E-state index >= 15 is 0 Å².